The molecular formula is C30H21N5O4S2. The summed E-state index contributed by atoms with van der Waals surface area (Å²) in [5.74, 6) is -0.484. The maximum atomic E-state index is 13.5. The number of nitrogens with zero attached hydrogens (tertiary/aromatic N) is 5. The van der Waals surface area contributed by atoms with Crippen LogP contribution in [0, 0.1) is 0 Å². The SMILES string of the molecule is CN1C(=O)C(O)(c2cccc(-c3csc(-c4cn(S(=O)(=O)c5ccccc5)c5ncccc45)n3)c2)c2ncccc21. The molecule has 0 radical (unpaired) electrons. The van der Waals surface area contributed by atoms with Crippen molar-refractivity contribution < 1.29 is 18.3 Å². The molecule has 41 heavy (non-hydrogen) atoms. The molecule has 1 atom stereocenters. The van der Waals surface area contributed by atoms with Gasteiger partial charge in [-0.05, 0) is 48.0 Å². The quantitative estimate of drug-likeness (QED) is 0.315. The molecule has 7 rings (SSSR count). The van der Waals surface area contributed by atoms with Gasteiger partial charge in [-0.1, -0.05) is 36.4 Å². The third kappa shape index (κ3) is 3.74. The van der Waals surface area contributed by atoms with E-state index in [1.54, 1.807) is 92.4 Å². The van der Waals surface area contributed by atoms with Crippen molar-refractivity contribution in [3.63, 3.8) is 0 Å². The van der Waals surface area contributed by atoms with E-state index in [1.165, 1.54) is 20.2 Å². The summed E-state index contributed by atoms with van der Waals surface area (Å²) in [6.07, 6.45) is 4.66. The number of thiazole rings is 1. The van der Waals surface area contributed by atoms with Gasteiger partial charge in [0.25, 0.3) is 15.9 Å². The lowest BCUT2D eigenvalue weighted by Crippen LogP contribution is -2.39. The highest BCUT2D eigenvalue weighted by molar-refractivity contribution is 7.90. The van der Waals surface area contributed by atoms with E-state index in [2.05, 4.69) is 9.97 Å². The molecule has 0 bridgehead atoms. The van der Waals surface area contributed by atoms with E-state index in [4.69, 9.17) is 4.98 Å². The molecule has 9 nitrogen and oxygen atoms in total. The maximum Gasteiger partial charge on any atom is 0.269 e. The van der Waals surface area contributed by atoms with Crippen LogP contribution in [0.25, 0.3) is 32.9 Å². The van der Waals surface area contributed by atoms with Gasteiger partial charge in [0.05, 0.1) is 16.3 Å². The fraction of sp³-hybridized carbons (Fsp3) is 0.0667. The Morgan fingerprint density at radius 3 is 2.54 bits per heavy atom. The molecule has 2 aromatic carbocycles. The van der Waals surface area contributed by atoms with Crippen LogP contribution in [-0.4, -0.2) is 45.4 Å². The summed E-state index contributed by atoms with van der Waals surface area (Å²) in [6, 6.07) is 22.3. The van der Waals surface area contributed by atoms with Crippen LogP contribution >= 0.6 is 11.3 Å². The second-order valence-electron chi connectivity index (χ2n) is 9.60. The maximum absolute atomic E-state index is 13.5. The summed E-state index contributed by atoms with van der Waals surface area (Å²) in [5, 5.41) is 14.8. The van der Waals surface area contributed by atoms with Crippen molar-refractivity contribution in [2.75, 3.05) is 11.9 Å². The van der Waals surface area contributed by atoms with E-state index in [0.717, 1.165) is 0 Å². The van der Waals surface area contributed by atoms with Gasteiger partial charge in [-0.3, -0.25) is 9.78 Å². The molecule has 0 aliphatic carbocycles. The Balaban J connectivity index is 1.31. The average molecular weight is 580 g/mol. The lowest BCUT2D eigenvalue weighted by atomic mass is 9.89. The number of carbonyl (C=O) groups is 1. The number of benzene rings is 2. The molecule has 0 saturated heterocycles. The molecule has 1 amide bonds. The number of likely N-dealkylation sites (N-methyl/N-ethyl adjacent to an activating group) is 1. The molecule has 1 aliphatic heterocycles. The Kier molecular flexibility index (Phi) is 5.65. The van der Waals surface area contributed by atoms with Crippen molar-refractivity contribution >= 4 is 44.0 Å². The van der Waals surface area contributed by atoms with Crippen molar-refractivity contribution in [1.82, 2.24) is 18.9 Å². The summed E-state index contributed by atoms with van der Waals surface area (Å²) in [5.41, 5.74) is 1.54. The van der Waals surface area contributed by atoms with Crippen LogP contribution in [0.3, 0.4) is 0 Å². The monoisotopic (exact) mass is 579 g/mol. The molecule has 0 saturated carbocycles. The first-order chi connectivity index (χ1) is 19.8. The average Bonchev–Trinajstić information content (AvgIpc) is 3.70. The Morgan fingerprint density at radius 1 is 0.927 bits per heavy atom. The first-order valence-electron chi connectivity index (χ1n) is 12.6. The number of rotatable bonds is 5. The second-order valence-corrected chi connectivity index (χ2v) is 12.3. The Morgan fingerprint density at radius 2 is 1.71 bits per heavy atom. The summed E-state index contributed by atoms with van der Waals surface area (Å²) in [7, 11) is -2.28. The van der Waals surface area contributed by atoms with Crippen LogP contribution in [0.5, 0.6) is 0 Å². The van der Waals surface area contributed by atoms with E-state index >= 15 is 0 Å². The highest BCUT2D eigenvalue weighted by atomic mass is 32.2. The zero-order chi connectivity index (χ0) is 28.4. The van der Waals surface area contributed by atoms with Gasteiger partial charge in [0.1, 0.15) is 10.7 Å². The molecule has 1 N–H and O–H groups in total. The molecule has 4 aromatic heterocycles. The molecule has 202 valence electrons. The number of pyridine rings is 2. The minimum atomic E-state index is -3.89. The molecule has 5 heterocycles. The summed E-state index contributed by atoms with van der Waals surface area (Å²) in [4.78, 5) is 28.3. The van der Waals surface area contributed by atoms with Crippen molar-refractivity contribution in [3.8, 4) is 21.8 Å². The largest absolute Gasteiger partial charge is 0.370 e. The second kappa shape index (κ2) is 9.16. The predicted octanol–water partition coefficient (Wildman–Crippen LogP) is 4.67. The number of aromatic nitrogens is 4. The van der Waals surface area contributed by atoms with Gasteiger partial charge in [-0.25, -0.2) is 22.4 Å². The van der Waals surface area contributed by atoms with Crippen LogP contribution < -0.4 is 4.90 Å². The van der Waals surface area contributed by atoms with Crippen LogP contribution in [-0.2, 0) is 20.4 Å². The van der Waals surface area contributed by atoms with Crippen molar-refractivity contribution in [2.45, 2.75) is 10.5 Å². The summed E-state index contributed by atoms with van der Waals surface area (Å²) < 4.78 is 28.2. The number of hydrogen-bond donors (Lipinski definition) is 1. The van der Waals surface area contributed by atoms with Gasteiger partial charge < -0.3 is 10.0 Å². The van der Waals surface area contributed by atoms with E-state index in [0.29, 0.717) is 44.1 Å². The molecule has 0 fully saturated rings. The lowest BCUT2D eigenvalue weighted by Gasteiger charge is -2.22. The first-order valence-corrected chi connectivity index (χ1v) is 14.9. The van der Waals surface area contributed by atoms with Crippen molar-refractivity contribution in [2.24, 2.45) is 0 Å². The smallest absolute Gasteiger partial charge is 0.269 e. The van der Waals surface area contributed by atoms with Gasteiger partial charge in [0, 0.05) is 47.5 Å². The number of aliphatic hydroxyl groups is 1. The fourth-order valence-electron chi connectivity index (χ4n) is 5.18. The fourth-order valence-corrected chi connectivity index (χ4v) is 7.38. The minimum absolute atomic E-state index is 0.159. The third-order valence-electron chi connectivity index (χ3n) is 7.25. The standard InChI is InChI=1S/C30H21N5O4S2/c1-34-25-13-7-14-31-26(25)30(37,29(34)36)20-9-5-8-19(16-20)24-18-40-28(33-24)23-17-35(27-22(23)12-6-15-32-27)41(38,39)21-10-3-2-4-11-21/h2-18,37H,1H3. The van der Waals surface area contributed by atoms with E-state index in [9.17, 15) is 18.3 Å². The van der Waals surface area contributed by atoms with E-state index in [1.807, 2.05) is 17.5 Å². The summed E-state index contributed by atoms with van der Waals surface area (Å²) in [6.45, 7) is 0. The highest BCUT2D eigenvalue weighted by Crippen LogP contribution is 2.43. The lowest BCUT2D eigenvalue weighted by molar-refractivity contribution is -0.132. The molecule has 0 spiro atoms. The minimum Gasteiger partial charge on any atom is -0.370 e. The van der Waals surface area contributed by atoms with E-state index in [-0.39, 0.29) is 10.6 Å². The highest BCUT2D eigenvalue weighted by Gasteiger charge is 2.51. The Bertz CT molecular complexity index is 2090. The number of fused-ring (bicyclic) bond motifs is 2. The van der Waals surface area contributed by atoms with Crippen LogP contribution in [0.15, 0.2) is 108 Å². The van der Waals surface area contributed by atoms with Gasteiger partial charge in [0.15, 0.2) is 5.65 Å². The zero-order valence-corrected chi connectivity index (χ0v) is 23.2. The van der Waals surface area contributed by atoms with Gasteiger partial charge in [0.2, 0.25) is 5.60 Å². The van der Waals surface area contributed by atoms with Gasteiger partial charge in [-0.2, -0.15) is 0 Å². The zero-order valence-electron chi connectivity index (χ0n) is 21.5. The topological polar surface area (TPSA) is 118 Å². The van der Waals surface area contributed by atoms with E-state index < -0.39 is 21.5 Å². The molecule has 1 aliphatic rings. The number of carbonyl (C=O) groups excluding carboxylic acids is 1. The van der Waals surface area contributed by atoms with Crippen molar-refractivity contribution in [3.05, 3.63) is 114 Å². The predicted molar refractivity (Wildman–Crippen MR) is 156 cm³/mol. The number of amides is 1. The van der Waals surface area contributed by atoms with Crippen LogP contribution in [0.1, 0.15) is 11.3 Å². The molecule has 1 unspecified atom stereocenters. The molecular weight excluding hydrogens is 558 g/mol. The number of hydrogen-bond acceptors (Lipinski definition) is 8. The Hall–Kier alpha value is -4.71. The normalized spacial score (nSPS) is 16.8. The summed E-state index contributed by atoms with van der Waals surface area (Å²) >= 11 is 1.36. The number of anilines is 1. The third-order valence-corrected chi connectivity index (χ3v) is 9.79. The van der Waals surface area contributed by atoms with Crippen LogP contribution in [0.2, 0.25) is 0 Å². The molecule has 11 heteroatoms. The van der Waals surface area contributed by atoms with Gasteiger partial charge >= 0.3 is 0 Å². The van der Waals surface area contributed by atoms with Gasteiger partial charge in [-0.15, -0.1) is 11.3 Å². The van der Waals surface area contributed by atoms with Crippen LogP contribution in [0.4, 0.5) is 5.69 Å². The Labute approximate surface area is 239 Å². The first kappa shape index (κ1) is 25.3. The molecule has 6 aromatic rings. The van der Waals surface area contributed by atoms with Crippen molar-refractivity contribution in [1.29, 1.82) is 0 Å².